The minimum atomic E-state index is -4.59. The maximum absolute atomic E-state index is 9.22. The van der Waals surface area contributed by atoms with Gasteiger partial charge in [0.2, 0.25) is 0 Å². The van der Waals surface area contributed by atoms with Gasteiger partial charge in [0.1, 0.15) is 0 Å². The second-order valence-corrected chi connectivity index (χ2v) is 8.64. The largest absolute Gasteiger partial charge is 0.496 e. The fourth-order valence-electron chi connectivity index (χ4n) is 1.67. The smallest absolute Gasteiger partial charge is 0.301 e. The quantitative estimate of drug-likeness (QED) is 0.319. The van der Waals surface area contributed by atoms with Crippen LogP contribution in [-0.2, 0) is 20.1 Å². The van der Waals surface area contributed by atoms with Gasteiger partial charge < -0.3 is 9.79 Å². The fraction of sp³-hybridized carbons (Fsp3) is 0.571. The Balaban J connectivity index is 0.000000567. The van der Waals surface area contributed by atoms with Gasteiger partial charge >= 0.3 is 7.82 Å². The van der Waals surface area contributed by atoms with Gasteiger partial charge in [0, 0.05) is 0 Å². The lowest BCUT2D eigenvalue weighted by Gasteiger charge is -2.27. The van der Waals surface area contributed by atoms with Gasteiger partial charge in [-0.3, -0.25) is 0 Å². The number of phosphoric acid groups is 1. The Hall–Kier alpha value is -0.178. The molecule has 0 aliphatic heterocycles. The molecule has 0 saturated heterocycles. The monoisotopic (exact) mass is 330 g/mol. The van der Waals surface area contributed by atoms with Gasteiger partial charge in [-0.25, -0.2) is 9.82 Å². The van der Waals surface area contributed by atoms with Gasteiger partial charge in [-0.2, -0.15) is 0 Å². The zero-order valence-corrected chi connectivity index (χ0v) is 15.5. The molecule has 0 aromatic heterocycles. The molecule has 1 aromatic carbocycles. The van der Waals surface area contributed by atoms with E-state index in [4.69, 9.17) is 15.0 Å². The first kappa shape index (κ1) is 20.8. The second-order valence-electron chi connectivity index (χ2n) is 6.87. The van der Waals surface area contributed by atoms with Crippen LogP contribution in [0.25, 0.3) is 0 Å². The van der Waals surface area contributed by atoms with Gasteiger partial charge in [-0.15, -0.1) is 9.10 Å². The van der Waals surface area contributed by atoms with E-state index in [1.807, 2.05) is 0 Å². The van der Waals surface area contributed by atoms with E-state index in [0.717, 1.165) is 0 Å². The highest BCUT2D eigenvalue weighted by Gasteiger charge is 2.19. The predicted octanol–water partition coefficient (Wildman–Crippen LogP) is 2.64. The molecule has 118 valence electrons. The third-order valence-electron chi connectivity index (χ3n) is 2.83. The first-order chi connectivity index (χ1) is 9.18. The first-order valence-electron chi connectivity index (χ1n) is 6.47. The molecule has 21 heavy (non-hydrogen) atoms. The molecule has 1 rings (SSSR count). The molecule has 1 aromatic rings. The van der Waals surface area contributed by atoms with Gasteiger partial charge in [0.25, 0.3) is 0 Å². The van der Waals surface area contributed by atoms with E-state index in [9.17, 15) is 4.57 Å². The molecule has 0 unspecified atom stereocenters. The van der Waals surface area contributed by atoms with E-state index >= 15 is 0 Å². The highest BCUT2D eigenvalue weighted by atomic mass is 31.2. The summed E-state index contributed by atoms with van der Waals surface area (Å²) in [6, 6.07) is 6.80. The van der Waals surface area contributed by atoms with Crippen molar-refractivity contribution in [3.63, 3.8) is 0 Å². The third-order valence-corrected chi connectivity index (χ3v) is 3.55. The summed E-state index contributed by atoms with van der Waals surface area (Å²) in [5.74, 6) is 0. The lowest BCUT2D eigenvalue weighted by atomic mass is 9.81. The molecule has 0 aliphatic rings. The summed E-state index contributed by atoms with van der Waals surface area (Å²) in [4.78, 5) is 14.9. The SMILES string of the molecule is CC(C)(C)c1cc[c]([Al])c(C(C)(C)C)c1.O=P(O)(O)OO. The standard InChI is InChI=1S/C14H21.Al.H3O5P/c1-13(2,3)11-8-7-9-12(10-11)14(4,5)6;;1-5-6(2,3)4/h7-8,10H,1-6H3;;1H,(H2,2,3,4). The van der Waals surface area contributed by atoms with Crippen molar-refractivity contribution >= 4 is 28.5 Å². The van der Waals surface area contributed by atoms with Crippen LogP contribution < -0.4 is 4.43 Å². The topological polar surface area (TPSA) is 87.0 Å². The number of hydrogen-bond donors (Lipinski definition) is 3. The van der Waals surface area contributed by atoms with Crippen molar-refractivity contribution in [2.75, 3.05) is 0 Å². The molecule has 0 atom stereocenters. The Morgan fingerprint density at radius 1 is 1.05 bits per heavy atom. The first-order valence-corrected chi connectivity index (χ1v) is 8.58. The molecule has 0 fully saturated rings. The predicted molar refractivity (Wildman–Crippen MR) is 85.0 cm³/mol. The Bertz CT molecular complexity index is 511. The van der Waals surface area contributed by atoms with Crippen molar-refractivity contribution < 1.29 is 24.3 Å². The summed E-state index contributed by atoms with van der Waals surface area (Å²) in [6.45, 7) is 13.6. The molecule has 3 N–H and O–H groups in total. The van der Waals surface area contributed by atoms with Crippen LogP contribution >= 0.6 is 7.82 Å². The molecule has 0 saturated carbocycles. The van der Waals surface area contributed by atoms with E-state index < -0.39 is 7.82 Å². The summed E-state index contributed by atoms with van der Waals surface area (Å²) < 4.78 is 13.1. The summed E-state index contributed by atoms with van der Waals surface area (Å²) in [7, 11) is -4.59. The van der Waals surface area contributed by atoms with Crippen LogP contribution in [0.2, 0.25) is 0 Å². The highest BCUT2D eigenvalue weighted by molar-refractivity contribution is 7.46. The third kappa shape index (κ3) is 8.13. The normalized spacial score (nSPS) is 12.6. The Morgan fingerprint density at radius 3 is 1.76 bits per heavy atom. The Morgan fingerprint density at radius 2 is 1.48 bits per heavy atom. The summed E-state index contributed by atoms with van der Waals surface area (Å²) in [5.41, 5.74) is 3.30. The minimum absolute atomic E-state index is 0.221. The summed E-state index contributed by atoms with van der Waals surface area (Å²) >= 11 is 2.84. The van der Waals surface area contributed by atoms with Gasteiger partial charge in [-0.05, 0) is 16.4 Å². The summed E-state index contributed by atoms with van der Waals surface area (Å²) in [5, 5.41) is 7.14. The molecule has 0 heterocycles. The van der Waals surface area contributed by atoms with Gasteiger partial charge in [0.05, 0.1) is 0 Å². The van der Waals surface area contributed by atoms with Crippen LogP contribution in [0.3, 0.4) is 0 Å². The average molecular weight is 330 g/mol. The number of rotatable bonds is 1. The molecule has 0 amide bonds. The van der Waals surface area contributed by atoms with Crippen LogP contribution in [0.4, 0.5) is 0 Å². The van der Waals surface area contributed by atoms with E-state index in [1.54, 1.807) is 0 Å². The molecule has 2 radical (unpaired) electrons. The van der Waals surface area contributed by atoms with Crippen LogP contribution in [0, 0.1) is 0 Å². The maximum Gasteiger partial charge on any atom is 0.496 e. The molecule has 0 bridgehead atoms. The van der Waals surface area contributed by atoms with Crippen LogP contribution in [0.15, 0.2) is 18.2 Å². The van der Waals surface area contributed by atoms with E-state index in [0.29, 0.717) is 0 Å². The van der Waals surface area contributed by atoms with Gasteiger partial charge in [-0.1, -0.05) is 65.3 Å². The van der Waals surface area contributed by atoms with Crippen LogP contribution in [-0.4, -0.2) is 31.3 Å². The zero-order valence-electron chi connectivity index (χ0n) is 13.4. The Kier molecular flexibility index (Phi) is 7.33. The van der Waals surface area contributed by atoms with Crippen molar-refractivity contribution in [2.24, 2.45) is 0 Å². The molecular weight excluding hydrogens is 306 g/mol. The molecule has 0 spiro atoms. The maximum atomic E-state index is 9.22. The molecule has 7 heteroatoms. The molecular formula is C14H24AlO5P. The van der Waals surface area contributed by atoms with Crippen molar-refractivity contribution in [1.82, 2.24) is 0 Å². The Labute approximate surface area is 134 Å². The highest BCUT2D eigenvalue weighted by Crippen LogP contribution is 2.33. The van der Waals surface area contributed by atoms with E-state index in [1.165, 1.54) is 15.6 Å². The van der Waals surface area contributed by atoms with Gasteiger partial charge in [0.15, 0.2) is 16.3 Å². The van der Waals surface area contributed by atoms with Crippen LogP contribution in [0.1, 0.15) is 52.7 Å². The number of hydrogen-bond acceptors (Lipinski definition) is 3. The van der Waals surface area contributed by atoms with Crippen molar-refractivity contribution in [2.45, 2.75) is 52.4 Å². The zero-order chi connectivity index (χ0) is 17.1. The number of benzene rings is 1. The minimum Gasteiger partial charge on any atom is -0.301 e. The lowest BCUT2D eigenvalue weighted by molar-refractivity contribution is -0.158. The summed E-state index contributed by atoms with van der Waals surface area (Å²) in [6.07, 6.45) is 0. The van der Waals surface area contributed by atoms with Crippen molar-refractivity contribution in [3.8, 4) is 0 Å². The lowest BCUT2D eigenvalue weighted by Crippen LogP contribution is -2.25. The molecule has 5 nitrogen and oxygen atoms in total. The van der Waals surface area contributed by atoms with Crippen LogP contribution in [0.5, 0.6) is 0 Å². The average Bonchev–Trinajstić information content (AvgIpc) is 2.26. The van der Waals surface area contributed by atoms with E-state index in [2.05, 4.69) is 80.7 Å². The van der Waals surface area contributed by atoms with Crippen molar-refractivity contribution in [1.29, 1.82) is 0 Å². The molecule has 0 aliphatic carbocycles. The fourth-order valence-corrected chi connectivity index (χ4v) is 2.28. The second kappa shape index (κ2) is 7.39. The van der Waals surface area contributed by atoms with Crippen molar-refractivity contribution in [3.05, 3.63) is 29.3 Å². The van der Waals surface area contributed by atoms with E-state index in [-0.39, 0.29) is 10.8 Å².